The molecule has 1 aliphatic rings. The van der Waals surface area contributed by atoms with Gasteiger partial charge < -0.3 is 14.5 Å². The van der Waals surface area contributed by atoms with Crippen molar-refractivity contribution >= 4 is 12.4 Å². The minimum atomic E-state index is 0. The van der Waals surface area contributed by atoms with Gasteiger partial charge in [0.25, 0.3) is 0 Å². The van der Waals surface area contributed by atoms with Crippen molar-refractivity contribution in [1.29, 1.82) is 0 Å². The summed E-state index contributed by atoms with van der Waals surface area (Å²) < 4.78 is 11.2. The smallest absolute Gasteiger partial charge is 0.132 e. The lowest BCUT2D eigenvalue weighted by molar-refractivity contribution is -0.0245. The van der Waals surface area contributed by atoms with Gasteiger partial charge in [-0.15, -0.1) is 12.4 Å². The van der Waals surface area contributed by atoms with E-state index in [-0.39, 0.29) is 18.5 Å². The molecule has 0 bridgehead atoms. The Morgan fingerprint density at radius 2 is 2.47 bits per heavy atom. The highest BCUT2D eigenvalue weighted by Crippen LogP contribution is 2.20. The van der Waals surface area contributed by atoms with E-state index in [0.717, 1.165) is 25.3 Å². The molecule has 0 saturated carbocycles. The zero-order valence-corrected chi connectivity index (χ0v) is 9.76. The van der Waals surface area contributed by atoms with Crippen molar-refractivity contribution in [2.45, 2.75) is 32.0 Å². The fourth-order valence-corrected chi connectivity index (χ4v) is 1.81. The topological polar surface area (TPSA) is 34.4 Å². The first kappa shape index (κ1) is 12.6. The van der Waals surface area contributed by atoms with Crippen molar-refractivity contribution in [2.24, 2.45) is 0 Å². The third-order valence-electron chi connectivity index (χ3n) is 2.59. The highest BCUT2D eigenvalue weighted by molar-refractivity contribution is 5.85. The first-order valence-electron chi connectivity index (χ1n) is 5.26. The molecule has 2 atom stereocenters. The van der Waals surface area contributed by atoms with Crippen LogP contribution in [0.1, 0.15) is 31.6 Å². The second-order valence-corrected chi connectivity index (χ2v) is 3.76. The van der Waals surface area contributed by atoms with Gasteiger partial charge in [-0.3, -0.25) is 0 Å². The third-order valence-corrected chi connectivity index (χ3v) is 2.59. The van der Waals surface area contributed by atoms with Crippen LogP contribution >= 0.6 is 12.4 Å². The van der Waals surface area contributed by atoms with Gasteiger partial charge in [-0.1, -0.05) is 0 Å². The average molecular weight is 232 g/mol. The number of hydrogen-bond acceptors (Lipinski definition) is 3. The molecule has 1 aromatic heterocycles. The van der Waals surface area contributed by atoms with Gasteiger partial charge in [0.15, 0.2) is 0 Å². The van der Waals surface area contributed by atoms with Crippen molar-refractivity contribution in [3.8, 4) is 0 Å². The van der Waals surface area contributed by atoms with Crippen LogP contribution in [0.15, 0.2) is 22.8 Å². The molecule has 1 saturated heterocycles. The van der Waals surface area contributed by atoms with Crippen LogP contribution in [0, 0.1) is 0 Å². The summed E-state index contributed by atoms with van der Waals surface area (Å²) in [5.74, 6) is 0.913. The van der Waals surface area contributed by atoms with Crippen LogP contribution in [-0.2, 0) is 4.74 Å². The molecule has 86 valence electrons. The van der Waals surface area contributed by atoms with Crippen LogP contribution in [0.25, 0.3) is 0 Å². The quantitative estimate of drug-likeness (QED) is 0.868. The second-order valence-electron chi connectivity index (χ2n) is 3.76. The van der Waals surface area contributed by atoms with E-state index in [1.807, 2.05) is 19.1 Å². The molecule has 4 heteroatoms. The molecule has 0 aromatic carbocycles. The van der Waals surface area contributed by atoms with Crippen LogP contribution in [0.2, 0.25) is 0 Å². The summed E-state index contributed by atoms with van der Waals surface area (Å²) in [6.45, 7) is 4.12. The van der Waals surface area contributed by atoms with E-state index in [1.54, 1.807) is 6.26 Å². The number of ether oxygens (including phenoxy) is 1. The van der Waals surface area contributed by atoms with Crippen molar-refractivity contribution in [2.75, 3.05) is 13.1 Å². The Labute approximate surface area is 96.6 Å². The minimum Gasteiger partial charge on any atom is -0.467 e. The molecule has 1 unspecified atom stereocenters. The predicted octanol–water partition coefficient (Wildman–Crippen LogP) is 2.53. The van der Waals surface area contributed by atoms with E-state index in [9.17, 15) is 0 Å². The largest absolute Gasteiger partial charge is 0.467 e. The van der Waals surface area contributed by atoms with Gasteiger partial charge in [0.2, 0.25) is 0 Å². The van der Waals surface area contributed by atoms with E-state index in [2.05, 4.69) is 5.32 Å². The number of nitrogens with one attached hydrogen (secondary N) is 1. The highest BCUT2D eigenvalue weighted by Gasteiger charge is 2.18. The fraction of sp³-hybridized carbons (Fsp3) is 0.636. The number of piperidine rings is 1. The van der Waals surface area contributed by atoms with Crippen molar-refractivity contribution in [1.82, 2.24) is 5.32 Å². The van der Waals surface area contributed by atoms with Crippen LogP contribution < -0.4 is 5.32 Å². The second kappa shape index (κ2) is 6.16. The number of rotatable bonds is 3. The normalized spacial score (nSPS) is 23.1. The molecular formula is C11H18ClNO2. The summed E-state index contributed by atoms with van der Waals surface area (Å²) in [7, 11) is 0. The Morgan fingerprint density at radius 3 is 3.07 bits per heavy atom. The molecule has 1 aliphatic heterocycles. The van der Waals surface area contributed by atoms with Gasteiger partial charge in [-0.2, -0.15) is 0 Å². The van der Waals surface area contributed by atoms with E-state index in [4.69, 9.17) is 9.15 Å². The third kappa shape index (κ3) is 3.52. The lowest BCUT2D eigenvalue weighted by atomic mass is 10.1. The number of hydrogen-bond donors (Lipinski definition) is 1. The predicted molar refractivity (Wildman–Crippen MR) is 61.3 cm³/mol. The molecule has 1 fully saturated rings. The maximum Gasteiger partial charge on any atom is 0.132 e. The molecule has 1 N–H and O–H groups in total. The first-order chi connectivity index (χ1) is 6.86. The van der Waals surface area contributed by atoms with Gasteiger partial charge >= 0.3 is 0 Å². The van der Waals surface area contributed by atoms with Crippen LogP contribution in [-0.4, -0.2) is 19.2 Å². The summed E-state index contributed by atoms with van der Waals surface area (Å²) in [6, 6.07) is 3.86. The molecule has 0 amide bonds. The number of halogens is 1. The Kier molecular flexibility index (Phi) is 5.15. The zero-order chi connectivity index (χ0) is 9.80. The maximum atomic E-state index is 5.88. The Bertz CT molecular complexity index is 258. The standard InChI is InChI=1S/C11H17NO2.ClH/c1-9(11-5-3-7-13-11)14-10-4-2-6-12-8-10;/h3,5,7,9-10,12H,2,4,6,8H2,1H3;1H/t9?,10-;/m0./s1. The fourth-order valence-electron chi connectivity index (χ4n) is 1.81. The SMILES string of the molecule is CC(O[C@H]1CCCNC1)c1ccco1.Cl. The van der Waals surface area contributed by atoms with Crippen LogP contribution in [0.5, 0.6) is 0 Å². The average Bonchev–Trinajstić information content (AvgIpc) is 2.72. The highest BCUT2D eigenvalue weighted by atomic mass is 35.5. The summed E-state index contributed by atoms with van der Waals surface area (Å²) in [5, 5.41) is 3.33. The van der Waals surface area contributed by atoms with Crippen molar-refractivity contribution in [3.05, 3.63) is 24.2 Å². The van der Waals surface area contributed by atoms with E-state index < -0.39 is 0 Å². The monoisotopic (exact) mass is 231 g/mol. The summed E-state index contributed by atoms with van der Waals surface area (Å²) in [6.07, 6.45) is 4.45. The summed E-state index contributed by atoms with van der Waals surface area (Å²) in [4.78, 5) is 0. The molecule has 2 rings (SSSR count). The van der Waals surface area contributed by atoms with Crippen LogP contribution in [0.3, 0.4) is 0 Å². The van der Waals surface area contributed by atoms with Crippen molar-refractivity contribution in [3.63, 3.8) is 0 Å². The van der Waals surface area contributed by atoms with E-state index in [0.29, 0.717) is 6.10 Å². The molecule has 15 heavy (non-hydrogen) atoms. The Morgan fingerprint density at radius 1 is 1.60 bits per heavy atom. The van der Waals surface area contributed by atoms with Crippen molar-refractivity contribution < 1.29 is 9.15 Å². The molecule has 0 aliphatic carbocycles. The molecular weight excluding hydrogens is 214 g/mol. The lowest BCUT2D eigenvalue weighted by Gasteiger charge is -2.25. The van der Waals surface area contributed by atoms with E-state index >= 15 is 0 Å². The first-order valence-corrected chi connectivity index (χ1v) is 5.26. The van der Waals surface area contributed by atoms with Gasteiger partial charge in [-0.25, -0.2) is 0 Å². The Hall–Kier alpha value is -0.510. The molecule has 2 heterocycles. The van der Waals surface area contributed by atoms with Gasteiger partial charge in [-0.05, 0) is 38.4 Å². The summed E-state index contributed by atoms with van der Waals surface area (Å²) >= 11 is 0. The van der Waals surface area contributed by atoms with Gasteiger partial charge in [0, 0.05) is 6.54 Å². The lowest BCUT2D eigenvalue weighted by Crippen LogP contribution is -2.35. The Balaban J connectivity index is 0.00000112. The minimum absolute atomic E-state index is 0. The van der Waals surface area contributed by atoms with Gasteiger partial charge in [0.05, 0.1) is 12.4 Å². The molecule has 1 aromatic rings. The number of furan rings is 1. The van der Waals surface area contributed by atoms with E-state index in [1.165, 1.54) is 6.42 Å². The molecule has 0 radical (unpaired) electrons. The van der Waals surface area contributed by atoms with Gasteiger partial charge in [0.1, 0.15) is 11.9 Å². The summed E-state index contributed by atoms with van der Waals surface area (Å²) in [5.41, 5.74) is 0. The molecule has 3 nitrogen and oxygen atoms in total. The molecule has 0 spiro atoms. The maximum absolute atomic E-state index is 5.88. The zero-order valence-electron chi connectivity index (χ0n) is 8.94. The van der Waals surface area contributed by atoms with Crippen LogP contribution in [0.4, 0.5) is 0 Å².